The average molecular weight is 220 g/mol. The quantitative estimate of drug-likeness (QED) is 0.641. The molecule has 0 saturated carbocycles. The molecule has 0 aromatic heterocycles. The van der Waals surface area contributed by atoms with E-state index in [1.807, 2.05) is 0 Å². The van der Waals surface area contributed by atoms with Crippen molar-refractivity contribution in [1.29, 1.82) is 5.26 Å². The summed E-state index contributed by atoms with van der Waals surface area (Å²) in [4.78, 5) is 0. The van der Waals surface area contributed by atoms with Gasteiger partial charge in [0.2, 0.25) is 10.0 Å². The lowest BCUT2D eigenvalue weighted by molar-refractivity contribution is 0.185. The van der Waals surface area contributed by atoms with Crippen LogP contribution in [0, 0.1) is 11.3 Å². The maximum absolute atomic E-state index is 11.6. The summed E-state index contributed by atoms with van der Waals surface area (Å²) in [6.45, 7) is 2.28. The Balaban J connectivity index is 4.53. The largest absolute Gasteiger partial charge is 0.383 e. The Morgan fingerprint density at radius 1 is 1.57 bits per heavy atom. The van der Waals surface area contributed by atoms with Crippen LogP contribution in [0.4, 0.5) is 0 Å². The molecule has 5 nitrogen and oxygen atoms in total. The van der Waals surface area contributed by atoms with Gasteiger partial charge in [0.15, 0.2) is 5.25 Å². The van der Waals surface area contributed by atoms with Crippen molar-refractivity contribution in [3.05, 3.63) is 0 Å². The van der Waals surface area contributed by atoms with Crippen molar-refractivity contribution in [3.8, 4) is 6.07 Å². The lowest BCUT2D eigenvalue weighted by atomic mass is 10.4. The van der Waals surface area contributed by atoms with E-state index < -0.39 is 15.3 Å². The summed E-state index contributed by atoms with van der Waals surface area (Å²) in [6, 6.07) is 1.78. The Hall–Kier alpha value is -0.640. The Labute approximate surface area is 85.3 Å². The number of hydrogen-bond donors (Lipinski definition) is 0. The molecule has 0 N–H and O–H groups in total. The number of hydrogen-bond acceptors (Lipinski definition) is 4. The van der Waals surface area contributed by atoms with E-state index in [2.05, 4.69) is 0 Å². The number of rotatable bonds is 6. The maximum Gasteiger partial charge on any atom is 0.230 e. The van der Waals surface area contributed by atoms with Crippen molar-refractivity contribution in [1.82, 2.24) is 4.31 Å². The van der Waals surface area contributed by atoms with Crippen molar-refractivity contribution < 1.29 is 13.2 Å². The second kappa shape index (κ2) is 5.96. The van der Waals surface area contributed by atoms with E-state index in [0.717, 1.165) is 4.31 Å². The summed E-state index contributed by atoms with van der Waals surface area (Å²) in [6.07, 6.45) is 0.302. The fourth-order valence-electron chi connectivity index (χ4n) is 0.933. The van der Waals surface area contributed by atoms with Crippen molar-refractivity contribution in [2.45, 2.75) is 18.6 Å². The molecule has 0 amide bonds. The molecule has 0 radical (unpaired) electrons. The highest BCUT2D eigenvalue weighted by Gasteiger charge is 2.27. The summed E-state index contributed by atoms with van der Waals surface area (Å²) >= 11 is 0. The molecule has 0 rings (SSSR count). The van der Waals surface area contributed by atoms with E-state index >= 15 is 0 Å². The molecule has 6 heteroatoms. The van der Waals surface area contributed by atoms with Gasteiger partial charge >= 0.3 is 0 Å². The highest BCUT2D eigenvalue weighted by atomic mass is 32.2. The third kappa shape index (κ3) is 3.25. The van der Waals surface area contributed by atoms with Crippen LogP contribution in [-0.2, 0) is 14.8 Å². The van der Waals surface area contributed by atoms with Crippen LogP contribution in [0.25, 0.3) is 0 Å². The number of methoxy groups -OCH3 is 1. The van der Waals surface area contributed by atoms with Crippen LogP contribution < -0.4 is 0 Å². The minimum absolute atomic E-state index is 0.275. The van der Waals surface area contributed by atoms with Gasteiger partial charge in [-0.1, -0.05) is 6.92 Å². The third-order valence-electron chi connectivity index (χ3n) is 1.92. The molecule has 1 unspecified atom stereocenters. The molecule has 0 bridgehead atoms. The first kappa shape index (κ1) is 13.4. The normalized spacial score (nSPS) is 13.9. The van der Waals surface area contributed by atoms with Crippen molar-refractivity contribution in [2.75, 3.05) is 27.3 Å². The average Bonchev–Trinajstić information content (AvgIpc) is 2.15. The summed E-state index contributed by atoms with van der Waals surface area (Å²) in [7, 11) is -0.526. The number of nitriles is 1. The first-order valence-corrected chi connectivity index (χ1v) is 5.84. The molecule has 0 aromatic rings. The second-order valence-electron chi connectivity index (χ2n) is 2.89. The molecule has 14 heavy (non-hydrogen) atoms. The predicted molar refractivity (Wildman–Crippen MR) is 53.1 cm³/mol. The maximum atomic E-state index is 11.6. The van der Waals surface area contributed by atoms with E-state index in [9.17, 15) is 8.42 Å². The smallest absolute Gasteiger partial charge is 0.230 e. The van der Waals surface area contributed by atoms with Crippen molar-refractivity contribution in [3.63, 3.8) is 0 Å². The second-order valence-corrected chi connectivity index (χ2v) is 5.11. The zero-order valence-electron chi connectivity index (χ0n) is 8.73. The molecule has 82 valence electrons. The van der Waals surface area contributed by atoms with Gasteiger partial charge in [0.1, 0.15) is 0 Å². The molecule has 0 heterocycles. The molecule has 0 aliphatic carbocycles. The summed E-state index contributed by atoms with van der Waals surface area (Å²) in [5, 5.41) is 7.69. The van der Waals surface area contributed by atoms with E-state index in [4.69, 9.17) is 10.00 Å². The molecule has 0 aliphatic heterocycles. The number of sulfonamides is 1. The summed E-state index contributed by atoms with van der Waals surface area (Å²) in [5.41, 5.74) is 0. The van der Waals surface area contributed by atoms with Crippen molar-refractivity contribution in [2.24, 2.45) is 0 Å². The van der Waals surface area contributed by atoms with Gasteiger partial charge in [-0.05, 0) is 6.42 Å². The molecule has 0 aliphatic rings. The minimum atomic E-state index is -3.48. The lowest BCUT2D eigenvalue weighted by Crippen LogP contribution is -2.37. The number of likely N-dealkylation sites (N-methyl/N-ethyl adjacent to an activating group) is 1. The standard InChI is InChI=1S/C8H16N2O3S/c1-4-8(7-9)14(11,12)10(2)5-6-13-3/h8H,4-6H2,1-3H3. The van der Waals surface area contributed by atoms with Gasteiger partial charge in [-0.25, -0.2) is 12.7 Å². The highest BCUT2D eigenvalue weighted by Crippen LogP contribution is 2.09. The number of nitrogens with zero attached hydrogens (tertiary/aromatic N) is 2. The zero-order chi connectivity index (χ0) is 11.2. The van der Waals surface area contributed by atoms with E-state index in [-0.39, 0.29) is 6.54 Å². The van der Waals surface area contributed by atoms with E-state index in [1.54, 1.807) is 13.0 Å². The first-order valence-electron chi connectivity index (χ1n) is 4.34. The highest BCUT2D eigenvalue weighted by molar-refractivity contribution is 7.89. The summed E-state index contributed by atoms with van der Waals surface area (Å²) < 4.78 is 29.2. The Bertz CT molecular complexity index is 294. The van der Waals surface area contributed by atoms with Crippen LogP contribution in [0.15, 0.2) is 0 Å². The van der Waals surface area contributed by atoms with Crippen LogP contribution in [0.5, 0.6) is 0 Å². The van der Waals surface area contributed by atoms with Gasteiger partial charge in [-0.15, -0.1) is 0 Å². The Morgan fingerprint density at radius 3 is 2.50 bits per heavy atom. The Kier molecular flexibility index (Phi) is 5.69. The topological polar surface area (TPSA) is 70.4 Å². The van der Waals surface area contributed by atoms with Crippen LogP contribution in [0.2, 0.25) is 0 Å². The third-order valence-corrected chi connectivity index (χ3v) is 4.13. The van der Waals surface area contributed by atoms with E-state index in [0.29, 0.717) is 13.0 Å². The molecule has 1 atom stereocenters. The van der Waals surface area contributed by atoms with Crippen LogP contribution >= 0.6 is 0 Å². The van der Waals surface area contributed by atoms with Gasteiger partial charge in [0, 0.05) is 20.7 Å². The van der Waals surface area contributed by atoms with Crippen LogP contribution in [-0.4, -0.2) is 45.3 Å². The van der Waals surface area contributed by atoms with Gasteiger partial charge < -0.3 is 4.74 Å². The predicted octanol–water partition coefficient (Wildman–Crippen LogP) is 0.197. The molecular weight excluding hydrogens is 204 g/mol. The van der Waals surface area contributed by atoms with E-state index in [1.165, 1.54) is 14.2 Å². The summed E-state index contributed by atoms with van der Waals surface area (Å²) in [5.74, 6) is 0. The van der Waals surface area contributed by atoms with Crippen molar-refractivity contribution >= 4 is 10.0 Å². The first-order chi connectivity index (χ1) is 6.50. The lowest BCUT2D eigenvalue weighted by Gasteiger charge is -2.18. The fourth-order valence-corrected chi connectivity index (χ4v) is 2.25. The van der Waals surface area contributed by atoms with Crippen LogP contribution in [0.1, 0.15) is 13.3 Å². The van der Waals surface area contributed by atoms with Gasteiger partial charge in [-0.3, -0.25) is 0 Å². The zero-order valence-corrected chi connectivity index (χ0v) is 9.54. The SMILES string of the molecule is CCC(C#N)S(=O)(=O)N(C)CCOC. The van der Waals surface area contributed by atoms with Gasteiger partial charge in [0.05, 0.1) is 12.7 Å². The van der Waals surface area contributed by atoms with Gasteiger partial charge in [0.25, 0.3) is 0 Å². The molecule has 0 saturated heterocycles. The number of ether oxygens (including phenoxy) is 1. The molecule has 0 aromatic carbocycles. The van der Waals surface area contributed by atoms with Gasteiger partial charge in [-0.2, -0.15) is 5.26 Å². The molecule has 0 fully saturated rings. The molecule has 0 spiro atoms. The van der Waals surface area contributed by atoms with Crippen LogP contribution in [0.3, 0.4) is 0 Å². The molecular formula is C8H16N2O3S. The monoisotopic (exact) mass is 220 g/mol. The minimum Gasteiger partial charge on any atom is -0.383 e. The fraction of sp³-hybridized carbons (Fsp3) is 0.875. The Morgan fingerprint density at radius 2 is 2.14 bits per heavy atom.